The molecule has 0 saturated carbocycles. The maximum Gasteiger partial charge on any atom is 0.307 e. The molecular formula is C30H37ClN2O5S. The Balaban J connectivity index is 1.35. The van der Waals surface area contributed by atoms with Crippen molar-refractivity contribution in [2.45, 2.75) is 50.8 Å². The molecule has 9 heteroatoms. The fourth-order valence-electron chi connectivity index (χ4n) is 5.59. The molecule has 1 aliphatic carbocycles. The van der Waals surface area contributed by atoms with Crippen LogP contribution in [0.15, 0.2) is 59.5 Å². The van der Waals surface area contributed by atoms with Gasteiger partial charge in [-0.15, -0.1) is 0 Å². The molecule has 4 rings (SSSR count). The van der Waals surface area contributed by atoms with E-state index >= 15 is 0 Å². The van der Waals surface area contributed by atoms with Crippen molar-refractivity contribution in [1.82, 2.24) is 4.31 Å². The standard InChI is InChI=1S/C30H37ClN2O5S/c1-21-13-14-26(39(37,38)33-17-15-32(16-18-33)25-10-6-9-24(31)20-25)19-23(21)8-5-7-22(2)29(34)27-11-3-4-12-28(27)30(35)36/h3-4,6,9-10,13-14,19-20,22,27-28H,5,7-8,11-12,15-18H2,1-2H3,(H,35,36). The lowest BCUT2D eigenvalue weighted by Gasteiger charge is -2.35. The zero-order chi connectivity index (χ0) is 28.2. The first kappa shape index (κ1) is 29.3. The number of benzene rings is 2. The van der Waals surface area contributed by atoms with Crippen LogP contribution in [0.1, 0.15) is 43.7 Å². The number of piperazine rings is 1. The number of hydrogen-bond acceptors (Lipinski definition) is 5. The summed E-state index contributed by atoms with van der Waals surface area (Å²) in [7, 11) is -3.63. The van der Waals surface area contributed by atoms with Crippen LogP contribution in [0, 0.1) is 24.7 Å². The molecule has 1 N–H and O–H groups in total. The van der Waals surface area contributed by atoms with Gasteiger partial charge >= 0.3 is 5.97 Å². The highest BCUT2D eigenvalue weighted by Gasteiger charge is 2.35. The highest BCUT2D eigenvalue weighted by atomic mass is 35.5. The van der Waals surface area contributed by atoms with Crippen molar-refractivity contribution in [3.8, 4) is 0 Å². The van der Waals surface area contributed by atoms with E-state index in [4.69, 9.17) is 11.6 Å². The first-order valence-electron chi connectivity index (χ1n) is 13.6. The number of ketones is 1. The number of Topliss-reactive ketones (excluding diaryl/α,β-unsaturated/α-hetero) is 1. The van der Waals surface area contributed by atoms with Crippen LogP contribution in [-0.2, 0) is 26.0 Å². The molecular weight excluding hydrogens is 536 g/mol. The zero-order valence-electron chi connectivity index (χ0n) is 22.6. The minimum Gasteiger partial charge on any atom is -0.481 e. The second kappa shape index (κ2) is 12.7. The molecule has 1 fully saturated rings. The highest BCUT2D eigenvalue weighted by Crippen LogP contribution is 2.31. The molecule has 0 aromatic heterocycles. The molecule has 0 bridgehead atoms. The lowest BCUT2D eigenvalue weighted by molar-refractivity contribution is -0.147. The monoisotopic (exact) mass is 572 g/mol. The molecule has 0 radical (unpaired) electrons. The van der Waals surface area contributed by atoms with Crippen molar-refractivity contribution >= 4 is 39.1 Å². The third kappa shape index (κ3) is 6.91. The first-order valence-corrected chi connectivity index (χ1v) is 15.4. The maximum absolute atomic E-state index is 13.5. The number of hydrogen-bond donors (Lipinski definition) is 1. The lowest BCUT2D eigenvalue weighted by atomic mass is 9.76. The largest absolute Gasteiger partial charge is 0.481 e. The van der Waals surface area contributed by atoms with Crippen molar-refractivity contribution in [1.29, 1.82) is 0 Å². The topological polar surface area (TPSA) is 95.0 Å². The SMILES string of the molecule is Cc1ccc(S(=O)(=O)N2CCN(c3cccc(Cl)c3)CC2)cc1CCCC(C)C(=O)C1CC=CCC1C(=O)O. The van der Waals surface area contributed by atoms with Crippen LogP contribution in [0.4, 0.5) is 5.69 Å². The van der Waals surface area contributed by atoms with Gasteiger partial charge in [0, 0.05) is 48.7 Å². The Hall–Kier alpha value is -2.68. The molecule has 2 aliphatic rings. The summed E-state index contributed by atoms with van der Waals surface area (Å²) in [5.41, 5.74) is 2.96. The molecule has 2 aromatic rings. The normalized spacial score (nSPS) is 21.1. The van der Waals surface area contributed by atoms with E-state index in [-0.39, 0.29) is 11.7 Å². The summed E-state index contributed by atoms with van der Waals surface area (Å²) in [5, 5.41) is 10.2. The molecule has 210 valence electrons. The fraction of sp³-hybridized carbons (Fsp3) is 0.467. The molecule has 1 heterocycles. The van der Waals surface area contributed by atoms with Gasteiger partial charge in [-0.25, -0.2) is 8.42 Å². The van der Waals surface area contributed by atoms with Gasteiger partial charge in [-0.3, -0.25) is 9.59 Å². The van der Waals surface area contributed by atoms with Gasteiger partial charge in [-0.05, 0) is 80.5 Å². The summed E-state index contributed by atoms with van der Waals surface area (Å²) >= 11 is 6.12. The molecule has 39 heavy (non-hydrogen) atoms. The van der Waals surface area contributed by atoms with Crippen LogP contribution in [0.2, 0.25) is 5.02 Å². The van der Waals surface area contributed by atoms with E-state index in [9.17, 15) is 23.1 Å². The minimum absolute atomic E-state index is 0.0108. The van der Waals surface area contributed by atoms with Crippen LogP contribution in [0.25, 0.3) is 0 Å². The molecule has 1 saturated heterocycles. The fourth-order valence-corrected chi connectivity index (χ4v) is 7.25. The minimum atomic E-state index is -3.63. The zero-order valence-corrected chi connectivity index (χ0v) is 24.1. The van der Waals surface area contributed by atoms with E-state index in [0.717, 1.165) is 23.2 Å². The average Bonchev–Trinajstić information content (AvgIpc) is 2.93. The number of carbonyl (C=O) groups is 2. The number of sulfonamides is 1. The number of carbonyl (C=O) groups excluding carboxylic acids is 1. The van der Waals surface area contributed by atoms with Crippen LogP contribution < -0.4 is 4.90 Å². The summed E-state index contributed by atoms with van der Waals surface area (Å²) < 4.78 is 28.5. The van der Waals surface area contributed by atoms with Gasteiger partial charge in [0.15, 0.2) is 0 Å². The number of halogens is 1. The van der Waals surface area contributed by atoms with Crippen LogP contribution >= 0.6 is 11.6 Å². The van der Waals surface area contributed by atoms with Gasteiger partial charge in [0.25, 0.3) is 0 Å². The van der Waals surface area contributed by atoms with Gasteiger partial charge in [0.2, 0.25) is 10.0 Å². The van der Waals surface area contributed by atoms with Crippen molar-refractivity contribution in [2.75, 3.05) is 31.1 Å². The lowest BCUT2D eigenvalue weighted by Crippen LogP contribution is -2.48. The van der Waals surface area contributed by atoms with E-state index in [0.29, 0.717) is 61.8 Å². The van der Waals surface area contributed by atoms with Gasteiger partial charge in [0.05, 0.1) is 10.8 Å². The van der Waals surface area contributed by atoms with Gasteiger partial charge in [-0.1, -0.05) is 42.8 Å². The molecule has 2 aromatic carbocycles. The van der Waals surface area contributed by atoms with Crippen molar-refractivity contribution in [2.24, 2.45) is 17.8 Å². The summed E-state index contributed by atoms with van der Waals surface area (Å²) in [6.07, 6.45) is 6.63. The van der Waals surface area contributed by atoms with Gasteiger partial charge < -0.3 is 10.0 Å². The number of rotatable bonds is 10. The number of aryl methyl sites for hydroxylation is 2. The van der Waals surface area contributed by atoms with Gasteiger partial charge in [-0.2, -0.15) is 4.31 Å². The number of carboxylic acids is 1. The molecule has 3 unspecified atom stereocenters. The third-order valence-electron chi connectivity index (χ3n) is 8.05. The number of carboxylic acid groups (broad SMARTS) is 1. The predicted molar refractivity (Wildman–Crippen MR) is 154 cm³/mol. The van der Waals surface area contributed by atoms with Crippen LogP contribution in [0.5, 0.6) is 0 Å². The van der Waals surface area contributed by atoms with Gasteiger partial charge in [0.1, 0.15) is 5.78 Å². The Morgan fingerprint density at radius 3 is 2.38 bits per heavy atom. The van der Waals surface area contributed by atoms with E-state index in [1.54, 1.807) is 16.4 Å². The summed E-state index contributed by atoms with van der Waals surface area (Å²) in [6.45, 7) is 5.80. The number of aliphatic carboxylic acids is 1. The Morgan fingerprint density at radius 1 is 1.03 bits per heavy atom. The average molecular weight is 573 g/mol. The second-order valence-corrected chi connectivity index (χ2v) is 13.0. The Morgan fingerprint density at radius 2 is 1.72 bits per heavy atom. The Labute approximate surface area is 236 Å². The molecule has 0 spiro atoms. The maximum atomic E-state index is 13.5. The molecule has 1 aliphatic heterocycles. The molecule has 3 atom stereocenters. The van der Waals surface area contributed by atoms with Crippen LogP contribution in [0.3, 0.4) is 0 Å². The van der Waals surface area contributed by atoms with E-state index in [2.05, 4.69) is 4.90 Å². The second-order valence-electron chi connectivity index (χ2n) is 10.6. The number of allylic oxidation sites excluding steroid dienone is 2. The quantitative estimate of drug-likeness (QED) is 0.385. The smallest absolute Gasteiger partial charge is 0.307 e. The molecule has 7 nitrogen and oxygen atoms in total. The van der Waals surface area contributed by atoms with E-state index in [1.807, 2.05) is 56.3 Å². The van der Waals surface area contributed by atoms with Crippen LogP contribution in [-0.4, -0.2) is 55.8 Å². The number of anilines is 1. The third-order valence-corrected chi connectivity index (χ3v) is 10.2. The Bertz CT molecular complexity index is 1330. The first-order chi connectivity index (χ1) is 18.6. The van der Waals surface area contributed by atoms with Crippen molar-refractivity contribution < 1.29 is 23.1 Å². The summed E-state index contributed by atoms with van der Waals surface area (Å²) in [5.74, 6) is -2.27. The highest BCUT2D eigenvalue weighted by molar-refractivity contribution is 7.89. The number of nitrogens with zero attached hydrogens (tertiary/aromatic N) is 2. The van der Waals surface area contributed by atoms with E-state index < -0.39 is 27.8 Å². The van der Waals surface area contributed by atoms with Crippen molar-refractivity contribution in [3.63, 3.8) is 0 Å². The van der Waals surface area contributed by atoms with E-state index in [1.165, 1.54) is 0 Å². The Kier molecular flexibility index (Phi) is 9.51. The predicted octanol–water partition coefficient (Wildman–Crippen LogP) is 5.35. The summed E-state index contributed by atoms with van der Waals surface area (Å²) in [6, 6.07) is 12.9. The van der Waals surface area contributed by atoms with Crippen molar-refractivity contribution in [3.05, 3.63) is 70.8 Å². The summed E-state index contributed by atoms with van der Waals surface area (Å²) in [4.78, 5) is 27.1. The molecule has 0 amide bonds.